The minimum Gasteiger partial charge on any atom is -0.283 e. The molecule has 1 aromatic carbocycles. The van der Waals surface area contributed by atoms with Crippen LogP contribution in [0.1, 0.15) is 16.6 Å². The summed E-state index contributed by atoms with van der Waals surface area (Å²) in [5, 5.41) is 0. The number of alkyl halides is 4. The molecule has 1 unspecified atom stereocenters. The van der Waals surface area contributed by atoms with E-state index < -0.39 is 32.9 Å². The van der Waals surface area contributed by atoms with E-state index in [2.05, 4.69) is 0 Å². The van der Waals surface area contributed by atoms with E-state index in [1.165, 1.54) is 0 Å². The van der Waals surface area contributed by atoms with Crippen LogP contribution in [-0.2, 0) is 16.3 Å². The second-order valence-corrected chi connectivity index (χ2v) is 4.36. The molecular formula is C8H6F4O3S. The third kappa shape index (κ3) is 2.70. The molecular weight excluding hydrogens is 252 g/mol. The number of benzene rings is 1. The Kier molecular flexibility index (Phi) is 3.25. The van der Waals surface area contributed by atoms with E-state index in [0.717, 1.165) is 12.1 Å². The Morgan fingerprint density at radius 3 is 2.12 bits per heavy atom. The van der Waals surface area contributed by atoms with Crippen molar-refractivity contribution >= 4 is 10.1 Å². The Morgan fingerprint density at radius 2 is 1.69 bits per heavy atom. The molecule has 0 bridgehead atoms. The van der Waals surface area contributed by atoms with Gasteiger partial charge in [-0.2, -0.15) is 21.6 Å². The van der Waals surface area contributed by atoms with E-state index in [0.29, 0.717) is 12.1 Å². The summed E-state index contributed by atoms with van der Waals surface area (Å²) in [4.78, 5) is 0. The molecule has 0 amide bonds. The maximum Gasteiger partial charge on any atom is 0.416 e. The largest absolute Gasteiger partial charge is 0.416 e. The van der Waals surface area contributed by atoms with Gasteiger partial charge in [0.15, 0.2) is 0 Å². The van der Waals surface area contributed by atoms with Crippen LogP contribution >= 0.6 is 0 Å². The van der Waals surface area contributed by atoms with Crippen molar-refractivity contribution in [1.29, 1.82) is 0 Å². The van der Waals surface area contributed by atoms with Gasteiger partial charge in [-0.25, -0.2) is 4.39 Å². The summed E-state index contributed by atoms with van der Waals surface area (Å²) in [6, 6.07) is 3.22. The third-order valence-corrected chi connectivity index (χ3v) is 2.55. The van der Waals surface area contributed by atoms with E-state index in [1.54, 1.807) is 0 Å². The van der Waals surface area contributed by atoms with Crippen molar-refractivity contribution in [1.82, 2.24) is 0 Å². The lowest BCUT2D eigenvalue weighted by Gasteiger charge is -2.13. The van der Waals surface area contributed by atoms with Crippen molar-refractivity contribution in [2.45, 2.75) is 11.7 Å². The molecule has 0 aliphatic carbocycles. The second kappa shape index (κ2) is 4.02. The molecule has 0 aliphatic heterocycles. The molecule has 0 saturated carbocycles. The van der Waals surface area contributed by atoms with E-state index in [4.69, 9.17) is 4.55 Å². The van der Waals surface area contributed by atoms with Gasteiger partial charge in [0.25, 0.3) is 5.50 Å². The lowest BCUT2D eigenvalue weighted by molar-refractivity contribution is -0.138. The topological polar surface area (TPSA) is 54.4 Å². The molecule has 90 valence electrons. The summed E-state index contributed by atoms with van der Waals surface area (Å²) < 4.78 is 79.4. The van der Waals surface area contributed by atoms with Gasteiger partial charge in [-0.3, -0.25) is 4.55 Å². The first kappa shape index (κ1) is 12.9. The minimum atomic E-state index is -5.21. The first-order chi connectivity index (χ1) is 7.14. The normalized spacial score (nSPS) is 14.8. The van der Waals surface area contributed by atoms with Gasteiger partial charge in [0, 0.05) is 5.56 Å². The van der Waals surface area contributed by atoms with Crippen molar-refractivity contribution in [3.63, 3.8) is 0 Å². The first-order valence-electron chi connectivity index (χ1n) is 3.90. The Labute approximate surface area is 88.5 Å². The molecule has 1 aromatic rings. The number of rotatable bonds is 2. The highest BCUT2D eigenvalue weighted by Crippen LogP contribution is 2.36. The fourth-order valence-electron chi connectivity index (χ4n) is 1.11. The quantitative estimate of drug-likeness (QED) is 0.655. The van der Waals surface area contributed by atoms with Crippen LogP contribution in [0, 0.1) is 0 Å². The van der Waals surface area contributed by atoms with Crippen LogP contribution in [0.5, 0.6) is 0 Å². The van der Waals surface area contributed by atoms with Gasteiger partial charge in [0.1, 0.15) is 0 Å². The summed E-state index contributed by atoms with van der Waals surface area (Å²) in [5.41, 5.74) is -5.66. The molecule has 0 saturated heterocycles. The standard InChI is InChI=1S/C8H6F4O3S/c9-7(16(13,14)15)5-3-1-2-4-6(5)8(10,11)12/h1-4,7H,(H,13,14,15). The maximum atomic E-state index is 13.1. The summed E-state index contributed by atoms with van der Waals surface area (Å²) in [7, 11) is -5.21. The Bertz CT molecular complexity index is 480. The zero-order chi connectivity index (χ0) is 12.6. The summed E-state index contributed by atoms with van der Waals surface area (Å²) in [5.74, 6) is 0. The number of hydrogen-bond donors (Lipinski definition) is 1. The average molecular weight is 258 g/mol. The molecule has 1 N–H and O–H groups in total. The molecule has 8 heteroatoms. The van der Waals surface area contributed by atoms with E-state index in [-0.39, 0.29) is 0 Å². The van der Waals surface area contributed by atoms with Crippen LogP contribution in [0.15, 0.2) is 24.3 Å². The smallest absolute Gasteiger partial charge is 0.283 e. The summed E-state index contributed by atoms with van der Waals surface area (Å²) >= 11 is 0. The molecule has 0 heterocycles. The average Bonchev–Trinajstić information content (AvgIpc) is 2.14. The van der Waals surface area contributed by atoms with Crippen LogP contribution in [-0.4, -0.2) is 13.0 Å². The molecule has 16 heavy (non-hydrogen) atoms. The van der Waals surface area contributed by atoms with E-state index in [9.17, 15) is 26.0 Å². The van der Waals surface area contributed by atoms with Gasteiger partial charge in [-0.15, -0.1) is 0 Å². The SMILES string of the molecule is O=S(=O)(O)C(F)c1ccccc1C(F)(F)F. The highest BCUT2D eigenvalue weighted by Gasteiger charge is 2.38. The summed E-state index contributed by atoms with van der Waals surface area (Å²) in [6.07, 6.45) is -4.88. The van der Waals surface area contributed by atoms with Crippen molar-refractivity contribution < 1.29 is 30.5 Å². The molecule has 1 rings (SSSR count). The molecule has 1 atom stereocenters. The lowest BCUT2D eigenvalue weighted by Crippen LogP contribution is -2.14. The first-order valence-corrected chi connectivity index (χ1v) is 5.41. The second-order valence-electron chi connectivity index (χ2n) is 2.92. The fourth-order valence-corrected chi connectivity index (χ4v) is 1.64. The van der Waals surface area contributed by atoms with Crippen LogP contribution < -0.4 is 0 Å². The predicted octanol–water partition coefficient (Wildman–Crippen LogP) is 2.56. The van der Waals surface area contributed by atoms with Crippen LogP contribution in [0.25, 0.3) is 0 Å². The highest BCUT2D eigenvalue weighted by atomic mass is 32.2. The van der Waals surface area contributed by atoms with Gasteiger partial charge in [-0.1, -0.05) is 18.2 Å². The van der Waals surface area contributed by atoms with Gasteiger partial charge >= 0.3 is 16.3 Å². The molecule has 0 aromatic heterocycles. The summed E-state index contributed by atoms with van der Waals surface area (Å²) in [6.45, 7) is 0. The maximum absolute atomic E-state index is 13.1. The predicted molar refractivity (Wildman–Crippen MR) is 46.8 cm³/mol. The van der Waals surface area contributed by atoms with Crippen LogP contribution in [0.4, 0.5) is 17.6 Å². The monoisotopic (exact) mass is 258 g/mol. The highest BCUT2D eigenvalue weighted by molar-refractivity contribution is 7.85. The van der Waals surface area contributed by atoms with Crippen LogP contribution in [0.2, 0.25) is 0 Å². The minimum absolute atomic E-state index is 0.535. The van der Waals surface area contributed by atoms with E-state index in [1.807, 2.05) is 0 Å². The van der Waals surface area contributed by atoms with Crippen LogP contribution in [0.3, 0.4) is 0 Å². The van der Waals surface area contributed by atoms with Gasteiger partial charge in [0.05, 0.1) is 5.56 Å². The number of hydrogen-bond acceptors (Lipinski definition) is 2. The molecule has 0 radical (unpaired) electrons. The zero-order valence-corrected chi connectivity index (χ0v) is 8.39. The third-order valence-electron chi connectivity index (χ3n) is 1.77. The lowest BCUT2D eigenvalue weighted by atomic mass is 10.1. The van der Waals surface area contributed by atoms with Gasteiger partial charge in [0.2, 0.25) is 0 Å². The number of halogens is 4. The Balaban J connectivity index is 3.36. The molecule has 3 nitrogen and oxygen atoms in total. The van der Waals surface area contributed by atoms with E-state index >= 15 is 0 Å². The Hall–Kier alpha value is -1.15. The van der Waals surface area contributed by atoms with Crippen molar-refractivity contribution in [2.75, 3.05) is 0 Å². The fraction of sp³-hybridized carbons (Fsp3) is 0.250. The zero-order valence-electron chi connectivity index (χ0n) is 7.57. The van der Waals surface area contributed by atoms with Crippen molar-refractivity contribution in [2.24, 2.45) is 0 Å². The molecule has 0 fully saturated rings. The van der Waals surface area contributed by atoms with Gasteiger partial charge < -0.3 is 0 Å². The van der Waals surface area contributed by atoms with Crippen molar-refractivity contribution in [3.05, 3.63) is 35.4 Å². The van der Waals surface area contributed by atoms with Gasteiger partial charge in [-0.05, 0) is 6.07 Å². The van der Waals surface area contributed by atoms with Crippen molar-refractivity contribution in [3.8, 4) is 0 Å². The molecule has 0 aliphatic rings. The molecule has 0 spiro atoms. The Morgan fingerprint density at radius 1 is 1.19 bits per heavy atom.